The van der Waals surface area contributed by atoms with Gasteiger partial charge in [-0.25, -0.2) is 0 Å². The topological polar surface area (TPSA) is 44.8 Å². The largest absolute Gasteiger partial charge is 1.00 e. The van der Waals surface area contributed by atoms with Crippen molar-refractivity contribution < 1.29 is 34.3 Å². The summed E-state index contributed by atoms with van der Waals surface area (Å²) in [7, 11) is 1.68. The van der Waals surface area contributed by atoms with Gasteiger partial charge in [-0.15, -0.1) is 0 Å². The lowest BCUT2D eigenvalue weighted by Gasteiger charge is -2.35. The highest BCUT2D eigenvalue weighted by atomic mass is 35.5. The number of aryl methyl sites for hydroxylation is 1. The van der Waals surface area contributed by atoms with Crippen LogP contribution in [0.15, 0.2) is 48.5 Å². The lowest BCUT2D eigenvalue weighted by Crippen LogP contribution is -3.00. The second-order valence-corrected chi connectivity index (χ2v) is 6.32. The van der Waals surface area contributed by atoms with Gasteiger partial charge in [0, 0.05) is 37.6 Å². The molecule has 0 bridgehead atoms. The smallest absolute Gasteiger partial charge is 0.238 e. The van der Waals surface area contributed by atoms with Gasteiger partial charge in [0.05, 0.1) is 13.7 Å². The first-order valence-corrected chi connectivity index (χ1v) is 8.62. The van der Waals surface area contributed by atoms with Crippen molar-refractivity contribution in [2.75, 3.05) is 50.1 Å². The molecule has 5 nitrogen and oxygen atoms in total. The zero-order valence-electron chi connectivity index (χ0n) is 15.6. The SMILES string of the molecule is COc1ccc(N2CCN(CC(=O)Nc3ccccc3C)CC2)cc1.[Cl-].[Cl-]. The quantitative estimate of drug-likeness (QED) is 0.564. The Balaban J connectivity index is 0.00000182. The summed E-state index contributed by atoms with van der Waals surface area (Å²) in [4.78, 5) is 16.8. The maximum absolute atomic E-state index is 12.3. The van der Waals surface area contributed by atoms with E-state index >= 15 is 0 Å². The third-order valence-corrected chi connectivity index (χ3v) is 4.60. The number of carbonyl (C=O) groups excluding carboxylic acids is 1. The van der Waals surface area contributed by atoms with Crippen molar-refractivity contribution in [2.24, 2.45) is 0 Å². The monoisotopic (exact) mass is 409 g/mol. The molecule has 27 heavy (non-hydrogen) atoms. The number of benzene rings is 2. The summed E-state index contributed by atoms with van der Waals surface area (Å²) in [5, 5.41) is 3.00. The minimum atomic E-state index is 0. The van der Waals surface area contributed by atoms with Crippen LogP contribution in [0, 0.1) is 6.92 Å². The molecule has 1 fully saturated rings. The van der Waals surface area contributed by atoms with Gasteiger partial charge in [-0.2, -0.15) is 0 Å². The molecule has 0 radical (unpaired) electrons. The first kappa shape index (κ1) is 23.1. The average Bonchev–Trinajstić information content (AvgIpc) is 2.64. The maximum atomic E-state index is 12.3. The van der Waals surface area contributed by atoms with Crippen LogP contribution in [0.2, 0.25) is 0 Å². The molecule has 7 heteroatoms. The summed E-state index contributed by atoms with van der Waals surface area (Å²) in [6, 6.07) is 16.0. The number of hydrogen-bond donors (Lipinski definition) is 1. The van der Waals surface area contributed by atoms with Gasteiger partial charge in [0.2, 0.25) is 5.91 Å². The second kappa shape index (κ2) is 11.0. The lowest BCUT2D eigenvalue weighted by atomic mass is 10.2. The van der Waals surface area contributed by atoms with Crippen molar-refractivity contribution in [3.63, 3.8) is 0 Å². The second-order valence-electron chi connectivity index (χ2n) is 6.32. The van der Waals surface area contributed by atoms with E-state index in [0.717, 1.165) is 43.2 Å². The lowest BCUT2D eigenvalue weighted by molar-refractivity contribution is -0.117. The number of hydrogen-bond acceptors (Lipinski definition) is 4. The van der Waals surface area contributed by atoms with E-state index in [0.29, 0.717) is 6.54 Å². The fourth-order valence-electron chi connectivity index (χ4n) is 3.06. The van der Waals surface area contributed by atoms with E-state index in [9.17, 15) is 4.79 Å². The van der Waals surface area contributed by atoms with Crippen molar-refractivity contribution >= 4 is 17.3 Å². The zero-order valence-corrected chi connectivity index (χ0v) is 17.1. The van der Waals surface area contributed by atoms with Crippen molar-refractivity contribution in [3.05, 3.63) is 54.1 Å². The molecule has 1 aliphatic heterocycles. The van der Waals surface area contributed by atoms with Crippen LogP contribution < -0.4 is 39.8 Å². The van der Waals surface area contributed by atoms with Crippen LogP contribution in [0.3, 0.4) is 0 Å². The third kappa shape index (κ3) is 6.31. The molecule has 0 aromatic heterocycles. The molecule has 0 spiro atoms. The average molecular weight is 410 g/mol. The van der Waals surface area contributed by atoms with E-state index < -0.39 is 0 Å². The number of halogens is 2. The molecule has 1 N–H and O–H groups in total. The Morgan fingerprint density at radius 3 is 2.22 bits per heavy atom. The summed E-state index contributed by atoms with van der Waals surface area (Å²) < 4.78 is 5.20. The van der Waals surface area contributed by atoms with Crippen LogP contribution in [0.5, 0.6) is 5.75 Å². The maximum Gasteiger partial charge on any atom is 0.238 e. The highest BCUT2D eigenvalue weighted by Gasteiger charge is 2.19. The van der Waals surface area contributed by atoms with E-state index in [-0.39, 0.29) is 30.7 Å². The number of amides is 1. The summed E-state index contributed by atoms with van der Waals surface area (Å²) in [6.45, 7) is 6.04. The minimum absolute atomic E-state index is 0. The molecule has 0 atom stereocenters. The van der Waals surface area contributed by atoms with E-state index in [1.807, 2.05) is 43.3 Å². The standard InChI is InChI=1S/C20H25N3O2.2ClH/c1-16-5-3-4-6-19(16)21-20(24)15-22-11-13-23(14-12-22)17-7-9-18(25-2)10-8-17;;/h3-10H,11-15H2,1-2H3,(H,21,24);2*1H/p-2. The van der Waals surface area contributed by atoms with Gasteiger partial charge < -0.3 is 39.8 Å². The summed E-state index contributed by atoms with van der Waals surface area (Å²) in [5.74, 6) is 0.919. The first-order chi connectivity index (χ1) is 12.2. The molecule has 2 aromatic carbocycles. The number of methoxy groups -OCH3 is 1. The summed E-state index contributed by atoms with van der Waals surface area (Å²) >= 11 is 0. The van der Waals surface area contributed by atoms with Gasteiger partial charge in [-0.3, -0.25) is 9.69 Å². The summed E-state index contributed by atoms with van der Waals surface area (Å²) in [5.41, 5.74) is 3.18. The number of nitrogens with zero attached hydrogens (tertiary/aromatic N) is 2. The molecule has 2 aromatic rings. The van der Waals surface area contributed by atoms with Crippen molar-refractivity contribution in [2.45, 2.75) is 6.92 Å². The Morgan fingerprint density at radius 1 is 1.00 bits per heavy atom. The Bertz CT molecular complexity index is 717. The fraction of sp³-hybridized carbons (Fsp3) is 0.350. The molecular weight excluding hydrogens is 385 g/mol. The first-order valence-electron chi connectivity index (χ1n) is 8.62. The van der Waals surface area contributed by atoms with Gasteiger partial charge in [-0.05, 0) is 42.8 Å². The van der Waals surface area contributed by atoms with Gasteiger partial charge in [0.1, 0.15) is 5.75 Å². The van der Waals surface area contributed by atoms with Gasteiger partial charge in [0.25, 0.3) is 0 Å². The Labute approximate surface area is 173 Å². The third-order valence-electron chi connectivity index (χ3n) is 4.60. The molecule has 0 aliphatic carbocycles. The van der Waals surface area contributed by atoms with Crippen LogP contribution in [-0.4, -0.2) is 50.6 Å². The Hall–Kier alpha value is -1.95. The molecule has 1 aliphatic rings. The summed E-state index contributed by atoms with van der Waals surface area (Å²) in [6.07, 6.45) is 0. The van der Waals surface area contributed by atoms with Crippen LogP contribution in [0.4, 0.5) is 11.4 Å². The van der Waals surface area contributed by atoms with E-state index in [4.69, 9.17) is 4.74 Å². The highest BCUT2D eigenvalue weighted by Crippen LogP contribution is 2.20. The number of anilines is 2. The molecule has 3 rings (SSSR count). The predicted octanol–water partition coefficient (Wildman–Crippen LogP) is -3.23. The van der Waals surface area contributed by atoms with Gasteiger partial charge in [-0.1, -0.05) is 18.2 Å². The van der Waals surface area contributed by atoms with Crippen LogP contribution in [-0.2, 0) is 4.79 Å². The van der Waals surface area contributed by atoms with Crippen molar-refractivity contribution in [1.29, 1.82) is 0 Å². The number of para-hydroxylation sites is 1. The zero-order chi connectivity index (χ0) is 17.6. The molecule has 0 unspecified atom stereocenters. The van der Waals surface area contributed by atoms with Crippen LogP contribution in [0.1, 0.15) is 5.56 Å². The van der Waals surface area contributed by atoms with Crippen molar-refractivity contribution in [1.82, 2.24) is 4.90 Å². The molecule has 1 amide bonds. The Kier molecular flexibility index (Phi) is 9.43. The van der Waals surface area contributed by atoms with Crippen molar-refractivity contribution in [3.8, 4) is 5.75 Å². The molecule has 0 saturated carbocycles. The van der Waals surface area contributed by atoms with E-state index in [1.165, 1.54) is 5.69 Å². The molecular formula is C20H25Cl2N3O2-2. The van der Waals surface area contributed by atoms with Gasteiger partial charge >= 0.3 is 0 Å². The molecule has 1 heterocycles. The predicted molar refractivity (Wildman–Crippen MR) is 101 cm³/mol. The number of carbonyl (C=O) groups is 1. The number of rotatable bonds is 5. The molecule has 1 saturated heterocycles. The van der Waals surface area contributed by atoms with Crippen LogP contribution >= 0.6 is 0 Å². The highest BCUT2D eigenvalue weighted by molar-refractivity contribution is 5.92. The number of piperazine rings is 1. The van der Waals surface area contributed by atoms with Crippen LogP contribution in [0.25, 0.3) is 0 Å². The minimum Gasteiger partial charge on any atom is -1.00 e. The fourth-order valence-corrected chi connectivity index (χ4v) is 3.06. The Morgan fingerprint density at radius 2 is 1.63 bits per heavy atom. The normalized spacial score (nSPS) is 13.9. The number of ether oxygens (including phenoxy) is 1. The van der Waals surface area contributed by atoms with E-state index in [2.05, 4.69) is 27.2 Å². The molecule has 148 valence electrons. The van der Waals surface area contributed by atoms with Gasteiger partial charge in [0.15, 0.2) is 0 Å². The van der Waals surface area contributed by atoms with E-state index in [1.54, 1.807) is 7.11 Å². The number of nitrogens with one attached hydrogen (secondary N) is 1.